The number of cyclic esters (lactones) is 1. The minimum Gasteiger partial charge on any atom is -0.481 e. The number of hydrogen-bond donors (Lipinski definition) is 3. The molecule has 2 saturated heterocycles. The van der Waals surface area contributed by atoms with Crippen LogP contribution in [0.25, 0.3) is 0 Å². The zero-order valence-corrected chi connectivity index (χ0v) is 21.1. The van der Waals surface area contributed by atoms with E-state index < -0.39 is 50.5 Å². The fraction of sp³-hybridized carbons (Fsp3) is 0.348. The molecule has 4 N–H and O–H groups in total. The molecule has 2 heterocycles. The molecule has 2 aliphatic rings. The molecule has 0 aromatic heterocycles. The molecule has 38 heavy (non-hydrogen) atoms. The van der Waals surface area contributed by atoms with E-state index >= 15 is 0 Å². The number of sulfonamides is 1. The first kappa shape index (κ1) is 28.9. The lowest BCUT2D eigenvalue weighted by atomic mass is 10.2. The molecule has 206 valence electrons. The summed E-state index contributed by atoms with van der Waals surface area (Å²) in [5, 5.41) is 14.9. The molecule has 0 bridgehead atoms. The number of amides is 1. The second-order valence-corrected chi connectivity index (χ2v) is 10.4. The number of carboxylic acid groups (broad SMARTS) is 1. The molecule has 2 aromatic carbocycles. The maximum Gasteiger partial charge on any atom is 0.414 e. The van der Waals surface area contributed by atoms with Crippen molar-refractivity contribution in [2.45, 2.75) is 17.9 Å². The smallest absolute Gasteiger partial charge is 0.414 e. The standard InChI is InChI=1S/C21H22F3N5O4S.C2H4O2/c22-16-5-6-17(19(24)18(16)23)34(31,32)28-9-7-27(8-10-28)11-15-12-29(21(30)33-15)14-3-1-13(2-4-14)20(25)26;1-2(3)4/h1-6,15H,7-12H2,(H3,25,26);1H3,(H,3,4). The molecule has 2 fully saturated rings. The molecule has 0 radical (unpaired) electrons. The second-order valence-electron chi connectivity index (χ2n) is 8.47. The van der Waals surface area contributed by atoms with Gasteiger partial charge in [-0.15, -0.1) is 0 Å². The Kier molecular flexibility index (Phi) is 8.96. The molecule has 4 rings (SSSR count). The van der Waals surface area contributed by atoms with Crippen LogP contribution in [-0.2, 0) is 19.6 Å². The van der Waals surface area contributed by atoms with Crippen molar-refractivity contribution in [2.75, 3.05) is 44.2 Å². The highest BCUT2D eigenvalue weighted by Crippen LogP contribution is 2.25. The Morgan fingerprint density at radius 2 is 1.66 bits per heavy atom. The molecule has 2 aliphatic heterocycles. The normalized spacial score (nSPS) is 18.5. The quantitative estimate of drug-likeness (QED) is 0.276. The van der Waals surface area contributed by atoms with E-state index in [-0.39, 0.29) is 38.6 Å². The van der Waals surface area contributed by atoms with Crippen LogP contribution in [0.3, 0.4) is 0 Å². The van der Waals surface area contributed by atoms with Crippen molar-refractivity contribution in [1.29, 1.82) is 5.41 Å². The van der Waals surface area contributed by atoms with E-state index in [1.54, 1.807) is 24.3 Å². The van der Waals surface area contributed by atoms with Crippen molar-refractivity contribution >= 4 is 33.6 Å². The average Bonchev–Trinajstić information content (AvgIpc) is 3.22. The Balaban J connectivity index is 0.000000934. The Labute approximate surface area is 216 Å². The SMILES string of the molecule is CC(=O)O.N=C(N)c1ccc(N2CC(CN3CCN(S(=O)(=O)c4ccc(F)c(F)c4F)CC3)OC2=O)cc1. The number of amidine groups is 1. The van der Waals surface area contributed by atoms with E-state index in [1.165, 1.54) is 4.90 Å². The number of nitrogens with two attached hydrogens (primary N) is 1. The van der Waals surface area contributed by atoms with E-state index in [4.69, 9.17) is 25.8 Å². The summed E-state index contributed by atoms with van der Waals surface area (Å²) in [5.74, 6) is -5.95. The Bertz CT molecular complexity index is 1310. The van der Waals surface area contributed by atoms with Gasteiger partial charge >= 0.3 is 6.09 Å². The van der Waals surface area contributed by atoms with Gasteiger partial charge in [-0.25, -0.2) is 26.4 Å². The van der Waals surface area contributed by atoms with E-state index in [0.717, 1.165) is 11.2 Å². The summed E-state index contributed by atoms with van der Waals surface area (Å²) in [6.45, 7) is 2.32. The predicted octanol–water partition coefficient (Wildman–Crippen LogP) is 1.81. The highest BCUT2D eigenvalue weighted by molar-refractivity contribution is 7.89. The van der Waals surface area contributed by atoms with Gasteiger partial charge in [0.2, 0.25) is 10.0 Å². The predicted molar refractivity (Wildman–Crippen MR) is 130 cm³/mol. The summed E-state index contributed by atoms with van der Waals surface area (Å²) >= 11 is 0. The Morgan fingerprint density at radius 1 is 1.08 bits per heavy atom. The number of halogens is 3. The van der Waals surface area contributed by atoms with Gasteiger partial charge in [0.25, 0.3) is 5.97 Å². The molecular weight excluding hydrogens is 531 g/mol. The lowest BCUT2D eigenvalue weighted by Gasteiger charge is -2.34. The summed E-state index contributed by atoms with van der Waals surface area (Å²) in [5.41, 5.74) is 6.57. The number of ether oxygens (including phenoxy) is 1. The first-order valence-electron chi connectivity index (χ1n) is 11.3. The maximum absolute atomic E-state index is 14.0. The topological polar surface area (TPSA) is 157 Å². The molecule has 2 aromatic rings. The number of nitrogens with one attached hydrogen (secondary N) is 1. The monoisotopic (exact) mass is 557 g/mol. The van der Waals surface area contributed by atoms with Crippen LogP contribution < -0.4 is 10.6 Å². The molecule has 1 unspecified atom stereocenters. The van der Waals surface area contributed by atoms with Gasteiger partial charge in [0.15, 0.2) is 17.5 Å². The van der Waals surface area contributed by atoms with Gasteiger partial charge in [0, 0.05) is 50.9 Å². The van der Waals surface area contributed by atoms with Gasteiger partial charge in [0.05, 0.1) is 6.54 Å². The number of nitrogens with zero attached hydrogens (tertiary/aromatic N) is 3. The zero-order valence-electron chi connectivity index (χ0n) is 20.2. The Hall–Kier alpha value is -3.69. The van der Waals surface area contributed by atoms with E-state index in [9.17, 15) is 26.4 Å². The minimum absolute atomic E-state index is 0.0116. The van der Waals surface area contributed by atoms with Crippen molar-refractivity contribution in [3.05, 3.63) is 59.4 Å². The molecule has 1 atom stereocenters. The summed E-state index contributed by atoms with van der Waals surface area (Å²) in [6.07, 6.45) is -0.970. The number of carboxylic acids is 1. The number of piperazine rings is 1. The van der Waals surface area contributed by atoms with E-state index in [1.807, 2.05) is 4.90 Å². The van der Waals surface area contributed by atoms with Crippen LogP contribution in [0.5, 0.6) is 0 Å². The number of rotatable bonds is 6. The van der Waals surface area contributed by atoms with Gasteiger partial charge in [-0.3, -0.25) is 20.0 Å². The number of anilines is 1. The molecule has 15 heteroatoms. The van der Waals surface area contributed by atoms with Crippen LogP contribution in [0.1, 0.15) is 12.5 Å². The third-order valence-corrected chi connectivity index (χ3v) is 7.69. The number of hydrogen-bond acceptors (Lipinski definition) is 7. The largest absolute Gasteiger partial charge is 0.481 e. The molecular formula is C23H26F3N5O6S. The number of carbonyl (C=O) groups is 2. The third kappa shape index (κ3) is 6.59. The van der Waals surface area contributed by atoms with Crippen LogP contribution >= 0.6 is 0 Å². The maximum atomic E-state index is 14.0. The van der Waals surface area contributed by atoms with Crippen molar-refractivity contribution in [2.24, 2.45) is 5.73 Å². The van der Waals surface area contributed by atoms with E-state index in [0.29, 0.717) is 29.9 Å². The van der Waals surface area contributed by atoms with Gasteiger partial charge < -0.3 is 15.6 Å². The van der Waals surface area contributed by atoms with Crippen LogP contribution in [0.2, 0.25) is 0 Å². The summed E-state index contributed by atoms with van der Waals surface area (Å²) in [7, 11) is -4.34. The number of nitrogen functional groups attached to an aromatic ring is 1. The van der Waals surface area contributed by atoms with Gasteiger partial charge in [-0.05, 0) is 36.4 Å². The van der Waals surface area contributed by atoms with Crippen molar-refractivity contribution in [3.63, 3.8) is 0 Å². The van der Waals surface area contributed by atoms with Gasteiger partial charge in [0.1, 0.15) is 16.8 Å². The van der Waals surface area contributed by atoms with Crippen LogP contribution in [-0.4, -0.2) is 86.0 Å². The zero-order chi connectivity index (χ0) is 28.2. The lowest BCUT2D eigenvalue weighted by molar-refractivity contribution is -0.134. The fourth-order valence-corrected chi connectivity index (χ4v) is 5.41. The van der Waals surface area contributed by atoms with E-state index in [2.05, 4.69) is 0 Å². The fourth-order valence-electron chi connectivity index (χ4n) is 3.94. The number of benzene rings is 2. The highest BCUT2D eigenvalue weighted by Gasteiger charge is 2.36. The summed E-state index contributed by atoms with van der Waals surface area (Å²) in [4.78, 5) is 23.8. The summed E-state index contributed by atoms with van der Waals surface area (Å²) < 4.78 is 72.6. The van der Waals surface area contributed by atoms with Gasteiger partial charge in [-0.2, -0.15) is 4.31 Å². The Morgan fingerprint density at radius 3 is 2.21 bits per heavy atom. The minimum atomic E-state index is -4.34. The summed E-state index contributed by atoms with van der Waals surface area (Å²) in [6, 6.07) is 7.89. The average molecular weight is 558 g/mol. The van der Waals surface area contributed by atoms with Crippen molar-refractivity contribution < 1.29 is 41.0 Å². The molecule has 11 nitrogen and oxygen atoms in total. The molecule has 0 saturated carbocycles. The molecule has 0 aliphatic carbocycles. The highest BCUT2D eigenvalue weighted by atomic mass is 32.2. The van der Waals surface area contributed by atoms with Crippen LogP contribution in [0.15, 0.2) is 41.3 Å². The van der Waals surface area contributed by atoms with Crippen molar-refractivity contribution in [1.82, 2.24) is 9.21 Å². The third-order valence-electron chi connectivity index (χ3n) is 5.77. The number of aliphatic carboxylic acids is 1. The van der Waals surface area contributed by atoms with Crippen molar-refractivity contribution in [3.8, 4) is 0 Å². The van der Waals surface area contributed by atoms with Crippen LogP contribution in [0.4, 0.5) is 23.7 Å². The lowest BCUT2D eigenvalue weighted by Crippen LogP contribution is -2.50. The van der Waals surface area contributed by atoms with Gasteiger partial charge in [-0.1, -0.05) is 0 Å². The first-order chi connectivity index (χ1) is 17.8. The number of carbonyl (C=O) groups excluding carboxylic acids is 1. The second kappa shape index (κ2) is 11.8. The molecule has 1 amide bonds. The molecule has 0 spiro atoms. The first-order valence-corrected chi connectivity index (χ1v) is 12.7. The van der Waals surface area contributed by atoms with Crippen LogP contribution in [0, 0.1) is 22.9 Å².